The number of nitrogens with zero attached hydrogens (tertiary/aromatic N) is 2. The SMILES string of the molecule is Cc1cccc(Nc2nnc(SCC(=O)NC(C)C)s2)c1C. The fourth-order valence-corrected chi connectivity index (χ4v) is 3.39. The highest BCUT2D eigenvalue weighted by Gasteiger charge is 2.10. The number of carbonyl (C=O) groups excluding carboxylic acids is 1. The highest BCUT2D eigenvalue weighted by atomic mass is 32.2. The van der Waals surface area contributed by atoms with Crippen molar-refractivity contribution in [2.24, 2.45) is 0 Å². The highest BCUT2D eigenvalue weighted by molar-refractivity contribution is 8.01. The number of benzene rings is 1. The van der Waals surface area contributed by atoms with Crippen molar-refractivity contribution < 1.29 is 4.79 Å². The number of aryl methyl sites for hydroxylation is 1. The first kappa shape index (κ1) is 16.8. The lowest BCUT2D eigenvalue weighted by Gasteiger charge is -2.08. The van der Waals surface area contributed by atoms with E-state index in [0.717, 1.165) is 15.2 Å². The molecule has 2 aromatic rings. The van der Waals surface area contributed by atoms with Gasteiger partial charge in [0.25, 0.3) is 0 Å². The summed E-state index contributed by atoms with van der Waals surface area (Å²) in [5.74, 6) is 0.371. The molecule has 0 aliphatic carbocycles. The van der Waals surface area contributed by atoms with Gasteiger partial charge in [-0.1, -0.05) is 35.2 Å². The Morgan fingerprint density at radius 2 is 2.09 bits per heavy atom. The first-order valence-corrected chi connectivity index (χ1v) is 8.85. The minimum absolute atomic E-state index is 0.0132. The van der Waals surface area contributed by atoms with Gasteiger partial charge < -0.3 is 10.6 Å². The molecule has 0 fully saturated rings. The van der Waals surface area contributed by atoms with E-state index in [9.17, 15) is 4.79 Å². The summed E-state index contributed by atoms with van der Waals surface area (Å²) in [5.41, 5.74) is 3.46. The molecule has 1 amide bonds. The predicted molar refractivity (Wildman–Crippen MR) is 93.1 cm³/mol. The van der Waals surface area contributed by atoms with Crippen LogP contribution in [0, 0.1) is 13.8 Å². The lowest BCUT2D eigenvalue weighted by molar-refractivity contribution is -0.119. The summed E-state index contributed by atoms with van der Waals surface area (Å²) in [5, 5.41) is 15.1. The van der Waals surface area contributed by atoms with Gasteiger partial charge >= 0.3 is 0 Å². The second-order valence-electron chi connectivity index (χ2n) is 5.26. The van der Waals surface area contributed by atoms with Crippen LogP contribution in [0.25, 0.3) is 0 Å². The van der Waals surface area contributed by atoms with Crippen LogP contribution in [-0.4, -0.2) is 27.9 Å². The summed E-state index contributed by atoms with van der Waals surface area (Å²) in [7, 11) is 0. The number of amides is 1. The lowest BCUT2D eigenvalue weighted by Crippen LogP contribution is -2.31. The third-order valence-electron chi connectivity index (χ3n) is 3.03. The predicted octanol–water partition coefficient (Wildman–Crippen LogP) is 3.52. The fraction of sp³-hybridized carbons (Fsp3) is 0.400. The first-order chi connectivity index (χ1) is 10.5. The lowest BCUT2D eigenvalue weighted by atomic mass is 10.1. The number of aromatic nitrogens is 2. The van der Waals surface area contributed by atoms with Gasteiger partial charge in [-0.3, -0.25) is 4.79 Å². The topological polar surface area (TPSA) is 66.9 Å². The maximum atomic E-state index is 11.6. The number of hydrogen-bond acceptors (Lipinski definition) is 6. The zero-order valence-corrected chi connectivity index (χ0v) is 14.8. The van der Waals surface area contributed by atoms with Crippen molar-refractivity contribution in [2.45, 2.75) is 38.1 Å². The largest absolute Gasteiger partial charge is 0.353 e. The monoisotopic (exact) mass is 336 g/mol. The second-order valence-corrected chi connectivity index (χ2v) is 7.46. The number of carbonyl (C=O) groups is 1. The average Bonchev–Trinajstić information content (AvgIpc) is 2.89. The van der Waals surface area contributed by atoms with Crippen LogP contribution in [0.5, 0.6) is 0 Å². The fourth-order valence-electron chi connectivity index (χ4n) is 1.81. The van der Waals surface area contributed by atoms with Crippen LogP contribution in [-0.2, 0) is 4.79 Å². The van der Waals surface area contributed by atoms with E-state index in [1.54, 1.807) is 0 Å². The van der Waals surface area contributed by atoms with E-state index in [-0.39, 0.29) is 11.9 Å². The molecule has 2 rings (SSSR count). The number of thioether (sulfide) groups is 1. The van der Waals surface area contributed by atoms with E-state index in [1.165, 1.54) is 34.2 Å². The molecular weight excluding hydrogens is 316 g/mol. The summed E-state index contributed by atoms with van der Waals surface area (Å²) >= 11 is 2.85. The van der Waals surface area contributed by atoms with Gasteiger partial charge in [0.05, 0.1) is 5.75 Å². The summed E-state index contributed by atoms with van der Waals surface area (Å²) in [4.78, 5) is 11.6. The molecule has 0 bridgehead atoms. The summed E-state index contributed by atoms with van der Waals surface area (Å²) in [6, 6.07) is 6.27. The quantitative estimate of drug-likeness (QED) is 0.790. The van der Waals surface area contributed by atoms with E-state index in [0.29, 0.717) is 5.75 Å². The maximum Gasteiger partial charge on any atom is 0.230 e. The molecular formula is C15H20N4OS2. The number of nitrogens with one attached hydrogen (secondary N) is 2. The van der Waals surface area contributed by atoms with Gasteiger partial charge in [0.15, 0.2) is 4.34 Å². The van der Waals surface area contributed by atoms with Crippen molar-refractivity contribution in [1.82, 2.24) is 15.5 Å². The minimum atomic E-state index is 0.0132. The molecule has 1 aromatic heterocycles. The van der Waals surface area contributed by atoms with E-state index in [2.05, 4.69) is 40.7 Å². The van der Waals surface area contributed by atoms with E-state index in [4.69, 9.17) is 0 Å². The molecule has 7 heteroatoms. The van der Waals surface area contributed by atoms with Gasteiger partial charge in [0.2, 0.25) is 11.0 Å². The molecule has 0 radical (unpaired) electrons. The zero-order valence-electron chi connectivity index (χ0n) is 13.1. The Morgan fingerprint density at radius 3 is 2.82 bits per heavy atom. The molecule has 0 unspecified atom stereocenters. The summed E-state index contributed by atoms with van der Waals surface area (Å²) < 4.78 is 0.784. The van der Waals surface area contributed by atoms with Crippen molar-refractivity contribution in [3.63, 3.8) is 0 Å². The van der Waals surface area contributed by atoms with Crippen LogP contribution in [0.15, 0.2) is 22.5 Å². The van der Waals surface area contributed by atoms with Gasteiger partial charge in [-0.2, -0.15) is 0 Å². The molecule has 0 saturated heterocycles. The van der Waals surface area contributed by atoms with Crippen LogP contribution in [0.3, 0.4) is 0 Å². The van der Waals surface area contributed by atoms with E-state index >= 15 is 0 Å². The molecule has 22 heavy (non-hydrogen) atoms. The van der Waals surface area contributed by atoms with Crippen LogP contribution in [0.4, 0.5) is 10.8 Å². The Bertz CT molecular complexity index is 655. The smallest absolute Gasteiger partial charge is 0.230 e. The van der Waals surface area contributed by atoms with Crippen molar-refractivity contribution in [1.29, 1.82) is 0 Å². The number of hydrogen-bond donors (Lipinski definition) is 2. The molecule has 0 atom stereocenters. The molecule has 0 aliphatic rings. The number of anilines is 2. The van der Waals surface area contributed by atoms with Gasteiger partial charge in [0, 0.05) is 11.7 Å². The van der Waals surface area contributed by atoms with E-state index < -0.39 is 0 Å². The molecule has 1 aromatic carbocycles. The van der Waals surface area contributed by atoms with Crippen LogP contribution in [0.1, 0.15) is 25.0 Å². The highest BCUT2D eigenvalue weighted by Crippen LogP contribution is 2.29. The Hall–Kier alpha value is -1.60. The Labute approximate surface area is 138 Å². The normalized spacial score (nSPS) is 10.8. The zero-order chi connectivity index (χ0) is 16.1. The van der Waals surface area contributed by atoms with Crippen LogP contribution in [0.2, 0.25) is 0 Å². The Morgan fingerprint density at radius 1 is 1.32 bits per heavy atom. The number of rotatable bonds is 6. The molecule has 5 nitrogen and oxygen atoms in total. The first-order valence-electron chi connectivity index (χ1n) is 7.04. The maximum absolute atomic E-state index is 11.6. The van der Waals surface area contributed by atoms with Crippen molar-refractivity contribution >= 4 is 39.8 Å². The second kappa shape index (κ2) is 7.60. The van der Waals surface area contributed by atoms with Crippen molar-refractivity contribution in [3.8, 4) is 0 Å². The van der Waals surface area contributed by atoms with Gasteiger partial charge in [-0.25, -0.2) is 0 Å². The van der Waals surface area contributed by atoms with Crippen LogP contribution >= 0.6 is 23.1 Å². The van der Waals surface area contributed by atoms with E-state index in [1.807, 2.05) is 26.0 Å². The Kier molecular flexibility index (Phi) is 5.79. The van der Waals surface area contributed by atoms with Gasteiger partial charge in [-0.05, 0) is 44.9 Å². The third kappa shape index (κ3) is 4.71. The third-order valence-corrected chi connectivity index (χ3v) is 5.00. The van der Waals surface area contributed by atoms with Crippen molar-refractivity contribution in [2.75, 3.05) is 11.1 Å². The standard InChI is InChI=1S/C15H20N4OS2/c1-9(2)16-13(20)8-21-15-19-18-14(22-15)17-12-7-5-6-10(3)11(12)4/h5-7,9H,8H2,1-4H3,(H,16,20)(H,17,18). The summed E-state index contributed by atoms with van der Waals surface area (Å²) in [6.45, 7) is 8.04. The van der Waals surface area contributed by atoms with Gasteiger partial charge in [-0.15, -0.1) is 10.2 Å². The van der Waals surface area contributed by atoms with Crippen molar-refractivity contribution in [3.05, 3.63) is 29.3 Å². The Balaban J connectivity index is 1.94. The molecule has 2 N–H and O–H groups in total. The van der Waals surface area contributed by atoms with Gasteiger partial charge in [0.1, 0.15) is 0 Å². The molecule has 1 heterocycles. The molecule has 0 aliphatic heterocycles. The summed E-state index contributed by atoms with van der Waals surface area (Å²) in [6.07, 6.45) is 0. The minimum Gasteiger partial charge on any atom is -0.353 e. The molecule has 118 valence electrons. The van der Waals surface area contributed by atoms with Crippen LogP contribution < -0.4 is 10.6 Å². The average molecular weight is 336 g/mol. The molecule has 0 spiro atoms. The molecule has 0 saturated carbocycles.